The van der Waals surface area contributed by atoms with Crippen LogP contribution in [0.25, 0.3) is 5.69 Å². The monoisotopic (exact) mass is 421 g/mol. The molecule has 4 rings (SSSR count). The van der Waals surface area contributed by atoms with E-state index in [1.54, 1.807) is 29.4 Å². The van der Waals surface area contributed by atoms with Crippen LogP contribution in [-0.2, 0) is 12.3 Å². The van der Waals surface area contributed by atoms with E-state index in [-0.39, 0.29) is 12.5 Å². The molecule has 0 radical (unpaired) electrons. The summed E-state index contributed by atoms with van der Waals surface area (Å²) in [5.41, 5.74) is 2.63. The van der Waals surface area contributed by atoms with Gasteiger partial charge in [-0.15, -0.1) is 33.3 Å². The van der Waals surface area contributed by atoms with Gasteiger partial charge in [0.1, 0.15) is 6.33 Å². The van der Waals surface area contributed by atoms with Gasteiger partial charge in [-0.2, -0.15) is 0 Å². The topological polar surface area (TPSA) is 72.7 Å². The molecule has 29 heavy (non-hydrogen) atoms. The maximum Gasteiger partial charge on any atom is 0.252 e. The molecule has 1 amide bonds. The average Bonchev–Trinajstić information content (AvgIpc) is 3.40. The number of benzene rings is 2. The van der Waals surface area contributed by atoms with Crippen LogP contribution in [0.5, 0.6) is 0 Å². The molecule has 0 saturated carbocycles. The fraction of sp³-hybridized carbons (Fsp3) is 0.143. The molecule has 2 aromatic carbocycles. The van der Waals surface area contributed by atoms with Crippen molar-refractivity contribution in [1.29, 1.82) is 0 Å². The number of aryl methyl sites for hydroxylation is 1. The van der Waals surface area contributed by atoms with E-state index < -0.39 is 0 Å². The molecule has 2 aromatic heterocycles. The van der Waals surface area contributed by atoms with Gasteiger partial charge in [-0.3, -0.25) is 9.36 Å². The summed E-state index contributed by atoms with van der Waals surface area (Å²) in [5, 5.41) is 14.2. The second kappa shape index (κ2) is 9.02. The minimum absolute atomic E-state index is 0.134. The van der Waals surface area contributed by atoms with Crippen LogP contribution >= 0.6 is 23.1 Å². The molecule has 2 heterocycles. The Morgan fingerprint density at radius 2 is 1.93 bits per heavy atom. The lowest BCUT2D eigenvalue weighted by Crippen LogP contribution is -2.25. The molecular formula is C21H19N5OS2. The fourth-order valence-corrected chi connectivity index (χ4v) is 4.51. The zero-order valence-electron chi connectivity index (χ0n) is 15.8. The first-order valence-electron chi connectivity index (χ1n) is 9.06. The molecule has 0 bridgehead atoms. The van der Waals surface area contributed by atoms with Gasteiger partial charge in [0.25, 0.3) is 5.91 Å². The molecule has 146 valence electrons. The van der Waals surface area contributed by atoms with Crippen LogP contribution in [0, 0.1) is 6.92 Å². The largest absolute Gasteiger partial charge is 0.345 e. The van der Waals surface area contributed by atoms with Crippen LogP contribution in [0.15, 0.2) is 71.2 Å². The second-order valence-electron chi connectivity index (χ2n) is 6.28. The van der Waals surface area contributed by atoms with Crippen LogP contribution in [0.4, 0.5) is 0 Å². The van der Waals surface area contributed by atoms with Gasteiger partial charge in [-0.05, 0) is 31.2 Å². The van der Waals surface area contributed by atoms with Crippen molar-refractivity contribution in [3.05, 3.63) is 88.4 Å². The molecule has 0 spiro atoms. The van der Waals surface area contributed by atoms with Crippen molar-refractivity contribution in [2.24, 2.45) is 0 Å². The standard InChI is InChI=1S/C21H19N5OS2/c1-15-24-16(12-28-15)13-29-19-10-6-5-9-18(19)21(27)22-11-20-25-23-14-26(20)17-7-3-2-4-8-17/h2-10,12,14H,11,13H2,1H3,(H,22,27). The second-order valence-corrected chi connectivity index (χ2v) is 8.36. The fourth-order valence-electron chi connectivity index (χ4n) is 2.84. The number of nitrogens with one attached hydrogen (secondary N) is 1. The number of amides is 1. The summed E-state index contributed by atoms with van der Waals surface area (Å²) in [5.74, 6) is 1.27. The first-order chi connectivity index (χ1) is 14.2. The van der Waals surface area contributed by atoms with Gasteiger partial charge in [-0.1, -0.05) is 30.3 Å². The van der Waals surface area contributed by atoms with Crippen molar-refractivity contribution >= 4 is 29.0 Å². The van der Waals surface area contributed by atoms with Crippen molar-refractivity contribution in [2.75, 3.05) is 0 Å². The molecule has 0 aliphatic carbocycles. The Bertz CT molecular complexity index is 1110. The van der Waals surface area contributed by atoms with Gasteiger partial charge < -0.3 is 5.32 Å². The first-order valence-corrected chi connectivity index (χ1v) is 10.9. The van der Waals surface area contributed by atoms with Crippen LogP contribution in [0.3, 0.4) is 0 Å². The first kappa shape index (κ1) is 19.4. The van der Waals surface area contributed by atoms with E-state index in [0.29, 0.717) is 11.4 Å². The maximum absolute atomic E-state index is 12.8. The molecule has 8 heteroatoms. The highest BCUT2D eigenvalue weighted by Gasteiger charge is 2.14. The van der Waals surface area contributed by atoms with Crippen LogP contribution in [0.1, 0.15) is 26.9 Å². The summed E-state index contributed by atoms with van der Waals surface area (Å²) in [6.45, 7) is 2.28. The quantitative estimate of drug-likeness (QED) is 0.452. The van der Waals surface area contributed by atoms with Gasteiger partial charge in [0.15, 0.2) is 5.82 Å². The van der Waals surface area contributed by atoms with E-state index in [9.17, 15) is 4.79 Å². The Labute approximate surface area is 177 Å². The molecule has 0 aliphatic rings. The lowest BCUT2D eigenvalue weighted by atomic mass is 10.2. The Balaban J connectivity index is 1.44. The highest BCUT2D eigenvalue weighted by molar-refractivity contribution is 7.98. The van der Waals surface area contributed by atoms with E-state index in [4.69, 9.17) is 0 Å². The van der Waals surface area contributed by atoms with E-state index in [1.165, 1.54) is 0 Å². The predicted octanol–water partition coefficient (Wildman–Crippen LogP) is 4.25. The van der Waals surface area contributed by atoms with Gasteiger partial charge >= 0.3 is 0 Å². The Morgan fingerprint density at radius 3 is 2.72 bits per heavy atom. The van der Waals surface area contributed by atoms with Crippen molar-refractivity contribution in [2.45, 2.75) is 24.1 Å². The molecule has 6 nitrogen and oxygen atoms in total. The number of carbonyl (C=O) groups is 1. The number of hydrogen-bond acceptors (Lipinski definition) is 6. The van der Waals surface area contributed by atoms with Crippen molar-refractivity contribution in [3.63, 3.8) is 0 Å². The minimum atomic E-state index is -0.134. The van der Waals surface area contributed by atoms with Gasteiger partial charge in [0.05, 0.1) is 22.8 Å². The van der Waals surface area contributed by atoms with E-state index in [1.807, 2.05) is 66.1 Å². The van der Waals surface area contributed by atoms with E-state index in [0.717, 1.165) is 27.0 Å². The van der Waals surface area contributed by atoms with Crippen molar-refractivity contribution in [3.8, 4) is 5.69 Å². The SMILES string of the molecule is Cc1nc(CSc2ccccc2C(=O)NCc2nncn2-c2ccccc2)cs1. The number of carbonyl (C=O) groups excluding carboxylic acids is 1. The normalized spacial score (nSPS) is 10.8. The summed E-state index contributed by atoms with van der Waals surface area (Å²) in [7, 11) is 0. The molecular weight excluding hydrogens is 402 g/mol. The third kappa shape index (κ3) is 4.72. The predicted molar refractivity (Wildman–Crippen MR) is 115 cm³/mol. The minimum Gasteiger partial charge on any atom is -0.345 e. The zero-order valence-corrected chi connectivity index (χ0v) is 17.4. The van der Waals surface area contributed by atoms with E-state index >= 15 is 0 Å². The molecule has 0 fully saturated rings. The van der Waals surface area contributed by atoms with Crippen LogP contribution < -0.4 is 5.32 Å². The lowest BCUT2D eigenvalue weighted by molar-refractivity contribution is 0.0946. The Morgan fingerprint density at radius 1 is 1.14 bits per heavy atom. The Hall–Kier alpha value is -2.97. The number of hydrogen-bond donors (Lipinski definition) is 1. The summed E-state index contributed by atoms with van der Waals surface area (Å²) >= 11 is 3.25. The molecule has 0 saturated heterocycles. The molecule has 4 aromatic rings. The number of thiazole rings is 1. The molecule has 0 atom stereocenters. The number of aromatic nitrogens is 4. The number of rotatable bonds is 7. The Kier molecular flexibility index (Phi) is 6.02. The maximum atomic E-state index is 12.8. The lowest BCUT2D eigenvalue weighted by Gasteiger charge is -2.10. The summed E-state index contributed by atoms with van der Waals surface area (Å²) in [6, 6.07) is 17.4. The van der Waals surface area contributed by atoms with Crippen LogP contribution in [0.2, 0.25) is 0 Å². The average molecular weight is 422 g/mol. The van der Waals surface area contributed by atoms with Gasteiger partial charge in [0.2, 0.25) is 0 Å². The number of thioether (sulfide) groups is 1. The zero-order chi connectivity index (χ0) is 20.1. The highest BCUT2D eigenvalue weighted by Crippen LogP contribution is 2.27. The molecule has 0 unspecified atom stereocenters. The summed E-state index contributed by atoms with van der Waals surface area (Å²) in [4.78, 5) is 18.2. The smallest absolute Gasteiger partial charge is 0.252 e. The number of nitrogens with zero attached hydrogens (tertiary/aromatic N) is 4. The highest BCUT2D eigenvalue weighted by atomic mass is 32.2. The van der Waals surface area contributed by atoms with Gasteiger partial charge in [-0.25, -0.2) is 4.98 Å². The number of para-hydroxylation sites is 1. The van der Waals surface area contributed by atoms with Crippen molar-refractivity contribution in [1.82, 2.24) is 25.1 Å². The van der Waals surface area contributed by atoms with E-state index in [2.05, 4.69) is 25.9 Å². The summed E-state index contributed by atoms with van der Waals surface area (Å²) in [6.07, 6.45) is 1.65. The molecule has 0 aliphatic heterocycles. The third-order valence-electron chi connectivity index (χ3n) is 4.23. The van der Waals surface area contributed by atoms with Crippen molar-refractivity contribution < 1.29 is 4.79 Å². The third-order valence-corrected chi connectivity index (χ3v) is 6.16. The molecule has 1 N–H and O–H groups in total. The summed E-state index contributed by atoms with van der Waals surface area (Å²) < 4.78 is 1.87. The van der Waals surface area contributed by atoms with Crippen LogP contribution in [-0.4, -0.2) is 25.7 Å². The van der Waals surface area contributed by atoms with Gasteiger partial charge in [0, 0.05) is 21.7 Å².